The Morgan fingerprint density at radius 2 is 0.263 bits per heavy atom. The summed E-state index contributed by atoms with van der Waals surface area (Å²) in [6, 6.07) is 52.2. The molecule has 114 heavy (non-hydrogen) atoms. The van der Waals surface area contributed by atoms with E-state index in [2.05, 4.69) is 0 Å². The van der Waals surface area contributed by atoms with Crippen LogP contribution in [0.2, 0.25) is 0 Å². The van der Waals surface area contributed by atoms with E-state index in [4.69, 9.17) is 0 Å². The van der Waals surface area contributed by atoms with Crippen LogP contribution in [-0.2, 0) is 138 Å². The first kappa shape index (κ1) is 80.9. The number of rotatable bonds is 18. The van der Waals surface area contributed by atoms with E-state index in [9.17, 15) is 108 Å². The minimum absolute atomic E-state index is 0.0566. The molecule has 12 bridgehead atoms. The Morgan fingerprint density at radius 1 is 0.167 bits per heavy atom. The molecule has 1 aliphatic carbocycles. The molecule has 24 nitrogen and oxygen atoms in total. The van der Waals surface area contributed by atoms with Crippen LogP contribution in [0.3, 0.4) is 0 Å². The summed E-state index contributed by atoms with van der Waals surface area (Å²) >= 11 is 0. The molecule has 0 heterocycles. The smallest absolute Gasteiger partial charge is 0.294 e. The van der Waals surface area contributed by atoms with Crippen molar-refractivity contribution in [2.24, 2.45) is 0 Å². The highest BCUT2D eigenvalue weighted by molar-refractivity contribution is 7.87. The summed E-state index contributed by atoms with van der Waals surface area (Å²) in [4.78, 5) is -2.32. The van der Waals surface area contributed by atoms with Crippen molar-refractivity contribution in [3.05, 3.63) is 352 Å². The molecule has 0 aromatic heterocycles. The lowest BCUT2D eigenvalue weighted by atomic mass is 9.86. The molecule has 12 aromatic carbocycles. The number of benzene rings is 12. The topological polar surface area (TPSA) is 448 Å². The van der Waals surface area contributed by atoms with Gasteiger partial charge < -0.3 is 30.6 Å². The van der Waals surface area contributed by atoms with E-state index in [0.29, 0.717) is 66.8 Å². The number of hydrogen-bond acceptors (Lipinski definition) is 18. The molecule has 0 saturated heterocycles. The molecule has 0 atom stereocenters. The number of fused-ring (bicyclic) bond motifs is 12. The van der Waals surface area contributed by atoms with Crippen molar-refractivity contribution in [2.75, 3.05) is 0 Å². The van der Waals surface area contributed by atoms with Crippen LogP contribution in [0.5, 0.6) is 34.5 Å². The Bertz CT molecular complexity index is 5370. The first-order valence-electron chi connectivity index (χ1n) is 35.0. The lowest BCUT2D eigenvalue weighted by Crippen LogP contribution is -2.05. The van der Waals surface area contributed by atoms with Gasteiger partial charge in [0.1, 0.15) is 34.5 Å². The van der Waals surface area contributed by atoms with E-state index in [0.717, 1.165) is 0 Å². The number of hydrogen-bond donors (Lipinski definition) is 12. The SMILES string of the molecule is O=S(=O)(O)c1ccc(Cc2cc3c(O)c(c2)Cc2cc(Cc4ccc(S(=O)(=O)O)cc4)cc(c2O)Cc2cc(Cc4ccc(S(=O)(=O)O)cc4)cc(c2O)Cc2cc(Cc4ccc(S(=O)(=O)O)cc4)cc(c2O)Cc2cc(Cc4ccc(S(=O)(=O)O)cc4)cc(c2O)Cc2cc(Cc4ccc(S(=O)(=O)O)cc4)cc(c2O)C3)cc1. The summed E-state index contributed by atoms with van der Waals surface area (Å²) < 4.78 is 206. The summed E-state index contributed by atoms with van der Waals surface area (Å²) in [6.45, 7) is 0. The molecular formula is C84H72O24S6. The quantitative estimate of drug-likeness (QED) is 0.0355. The van der Waals surface area contributed by atoms with Crippen LogP contribution in [0.15, 0.2) is 248 Å². The second-order valence-corrected chi connectivity index (χ2v) is 36.9. The number of aromatic hydroxyl groups is 6. The third-order valence-electron chi connectivity index (χ3n) is 20.0. The summed E-state index contributed by atoms with van der Waals surface area (Å²) in [5, 5.41) is 77.7. The van der Waals surface area contributed by atoms with Crippen molar-refractivity contribution in [3.63, 3.8) is 0 Å². The average molecular weight is 1660 g/mol. The Balaban J connectivity index is 1.06. The van der Waals surface area contributed by atoms with Crippen LogP contribution < -0.4 is 0 Å². The van der Waals surface area contributed by atoms with E-state index in [1.165, 1.54) is 146 Å². The molecule has 1 aliphatic rings. The fraction of sp³-hybridized carbons (Fsp3) is 0.143. The molecule has 30 heteroatoms. The largest absolute Gasteiger partial charge is 0.507 e. The van der Waals surface area contributed by atoms with Crippen LogP contribution in [0, 0.1) is 0 Å². The van der Waals surface area contributed by atoms with Gasteiger partial charge in [-0.2, -0.15) is 50.5 Å². The van der Waals surface area contributed by atoms with Crippen molar-refractivity contribution in [2.45, 2.75) is 106 Å². The molecule has 12 aromatic rings. The van der Waals surface area contributed by atoms with Gasteiger partial charge in [-0.15, -0.1) is 0 Å². The summed E-state index contributed by atoms with van der Waals surface area (Å²) in [7, 11) is -27.8. The molecule has 0 radical (unpaired) electrons. The van der Waals surface area contributed by atoms with Gasteiger partial charge in [-0.05, 0) is 245 Å². The molecule has 0 fully saturated rings. The molecular weight excluding hydrogens is 1590 g/mol. The Morgan fingerprint density at radius 3 is 0.351 bits per heavy atom. The van der Waals surface area contributed by atoms with Gasteiger partial charge >= 0.3 is 0 Å². The maximum absolute atomic E-state index is 12.9. The lowest BCUT2D eigenvalue weighted by molar-refractivity contribution is 0.450. The Labute approximate surface area is 657 Å². The Hall–Kier alpha value is -11.1. The monoisotopic (exact) mass is 1660 g/mol. The fourth-order valence-corrected chi connectivity index (χ4v) is 17.4. The molecule has 588 valence electrons. The molecule has 0 aliphatic heterocycles. The molecule has 0 unspecified atom stereocenters. The molecule has 0 amide bonds. The first-order chi connectivity index (χ1) is 53.6. The van der Waals surface area contributed by atoms with Gasteiger partial charge in [-0.3, -0.25) is 27.3 Å². The normalized spacial score (nSPS) is 13.1. The van der Waals surface area contributed by atoms with Gasteiger partial charge in [0, 0.05) is 38.5 Å². The molecule has 12 N–H and O–H groups in total. The number of phenolic OH excluding ortho intramolecular Hbond substituents is 6. The zero-order valence-electron chi connectivity index (χ0n) is 60.0. The second kappa shape index (κ2) is 31.7. The van der Waals surface area contributed by atoms with Crippen LogP contribution in [0.4, 0.5) is 0 Å². The molecule has 0 saturated carbocycles. The van der Waals surface area contributed by atoms with E-state index in [1.54, 1.807) is 72.8 Å². The third kappa shape index (κ3) is 19.2. The minimum Gasteiger partial charge on any atom is -0.507 e. The van der Waals surface area contributed by atoms with Crippen LogP contribution >= 0.6 is 0 Å². The van der Waals surface area contributed by atoms with E-state index < -0.39 is 60.7 Å². The van der Waals surface area contributed by atoms with Gasteiger partial charge in [0.25, 0.3) is 60.7 Å². The van der Waals surface area contributed by atoms with Crippen molar-refractivity contribution < 1.29 is 108 Å². The minimum atomic E-state index is -4.63. The van der Waals surface area contributed by atoms with Crippen LogP contribution in [0.1, 0.15) is 134 Å². The van der Waals surface area contributed by atoms with Gasteiger partial charge in [-0.1, -0.05) is 146 Å². The highest BCUT2D eigenvalue weighted by atomic mass is 32.2. The fourth-order valence-electron chi connectivity index (χ4n) is 14.5. The van der Waals surface area contributed by atoms with Crippen LogP contribution in [-0.4, -0.2) is 108 Å². The zero-order valence-corrected chi connectivity index (χ0v) is 64.9. The van der Waals surface area contributed by atoms with Crippen molar-refractivity contribution >= 4 is 60.7 Å². The maximum atomic E-state index is 12.9. The lowest BCUT2D eigenvalue weighted by Gasteiger charge is -2.20. The predicted molar refractivity (Wildman–Crippen MR) is 420 cm³/mol. The third-order valence-corrected chi connectivity index (χ3v) is 25.2. The second-order valence-electron chi connectivity index (χ2n) is 28.4. The van der Waals surface area contributed by atoms with E-state index in [-0.39, 0.29) is 208 Å². The van der Waals surface area contributed by atoms with Gasteiger partial charge in [0.15, 0.2) is 0 Å². The highest BCUT2D eigenvalue weighted by Crippen LogP contribution is 2.43. The Kier molecular flexibility index (Phi) is 22.5. The van der Waals surface area contributed by atoms with Crippen molar-refractivity contribution in [1.82, 2.24) is 0 Å². The van der Waals surface area contributed by atoms with E-state index in [1.807, 2.05) is 0 Å². The molecule has 13 rings (SSSR count). The van der Waals surface area contributed by atoms with E-state index >= 15 is 0 Å². The van der Waals surface area contributed by atoms with Gasteiger partial charge in [0.2, 0.25) is 0 Å². The zero-order chi connectivity index (χ0) is 81.7. The molecule has 0 spiro atoms. The highest BCUT2D eigenvalue weighted by Gasteiger charge is 2.26. The van der Waals surface area contributed by atoms with Gasteiger partial charge in [0.05, 0.1) is 29.4 Å². The average Bonchev–Trinajstić information content (AvgIpc) is 0.781. The summed E-state index contributed by atoms with van der Waals surface area (Å²) in [5.74, 6) is -1.93. The standard InChI is InChI=1S/C84H72O24S6/c85-79-61-31-55(25-49-1-13-73(14-2-49)109(91,92)93)32-62(79)44-64-34-57(27-51-5-17-75(18-6-51)111(97,98)99)36-66(81(64)87)46-68-38-59(29-53-9-21-77(22-10-53)113(103,104)105)40-70(83(68)89)48-72-42-60(30-54-11-23-78(24-12-54)114(106,107)108)41-71(84(72)90)47-69-39-58(28-52-7-19-76(20-8-52)112(100,101)102)37-67(82(69)88)45-65-35-56(33-63(43-61)80(65)86)26-50-3-15-74(16-4-50)110(94,95)96/h1-24,31-42,85-90H,25-30,43-48H2,(H,91,92,93)(H,94,95,96)(H,97,98,99)(H,100,101,102)(H,103,104,105)(H,106,107,108). The maximum Gasteiger partial charge on any atom is 0.294 e. The predicted octanol–water partition coefficient (Wildman–Crippen LogP) is 12.8. The first-order valence-corrected chi connectivity index (χ1v) is 43.6. The van der Waals surface area contributed by atoms with Gasteiger partial charge in [-0.25, -0.2) is 0 Å². The van der Waals surface area contributed by atoms with Crippen molar-refractivity contribution in [1.29, 1.82) is 0 Å². The number of phenols is 6. The summed E-state index contributed by atoms with van der Waals surface area (Å²) in [5.41, 5.74) is 8.59. The van der Waals surface area contributed by atoms with Crippen LogP contribution in [0.25, 0.3) is 0 Å². The van der Waals surface area contributed by atoms with Crippen molar-refractivity contribution in [3.8, 4) is 34.5 Å². The summed E-state index contributed by atoms with van der Waals surface area (Å²) in [6.07, 6.45) is -1.23.